The van der Waals surface area contributed by atoms with Crippen molar-refractivity contribution in [2.45, 2.75) is 37.7 Å². The lowest BCUT2D eigenvalue weighted by Gasteiger charge is -2.23. The van der Waals surface area contributed by atoms with Gasteiger partial charge in [-0.25, -0.2) is 13.1 Å². The second kappa shape index (κ2) is 6.92. The molecule has 1 aromatic heterocycles. The normalized spacial score (nSPS) is 14.4. The van der Waals surface area contributed by atoms with Crippen molar-refractivity contribution >= 4 is 10.0 Å². The van der Waals surface area contributed by atoms with Gasteiger partial charge in [0.25, 0.3) is 0 Å². The van der Waals surface area contributed by atoms with Crippen LogP contribution in [-0.2, 0) is 16.4 Å². The highest BCUT2D eigenvalue weighted by Gasteiger charge is 2.28. The monoisotopic (exact) mass is 354 g/mol. The van der Waals surface area contributed by atoms with Gasteiger partial charge in [-0.15, -0.1) is 0 Å². The first kappa shape index (κ1) is 18.4. The molecule has 1 atom stereocenters. The molecule has 0 aliphatic heterocycles. The van der Waals surface area contributed by atoms with Crippen molar-refractivity contribution in [1.82, 2.24) is 9.88 Å². The molecule has 2 N–H and O–H groups in total. The van der Waals surface area contributed by atoms with Gasteiger partial charge in [0.15, 0.2) is 5.76 Å². The second-order valence-electron chi connectivity index (χ2n) is 6.00. The predicted octanol–water partition coefficient (Wildman–Crippen LogP) is 1.57. The maximum Gasteiger partial charge on any atom is 0.246 e. The minimum absolute atomic E-state index is 0.0164. The number of hydrogen-bond donors (Lipinski definition) is 2. The molecule has 0 spiro atoms. The lowest BCUT2D eigenvalue weighted by molar-refractivity contribution is 0.0657. The first-order chi connectivity index (χ1) is 11.1. The first-order valence-corrected chi connectivity index (χ1v) is 8.91. The standard InChI is InChI=1S/C16H22N2O5S/c1-11-15(12(2)23-18-11)24(20,21)17-10-16(3,19)9-13-5-7-14(22-4)8-6-13/h5-8,17,19H,9-10H2,1-4H3. The minimum Gasteiger partial charge on any atom is -0.497 e. The molecule has 7 nitrogen and oxygen atoms in total. The molecule has 1 unspecified atom stereocenters. The van der Waals surface area contributed by atoms with E-state index >= 15 is 0 Å². The zero-order valence-electron chi connectivity index (χ0n) is 14.2. The van der Waals surface area contributed by atoms with Crippen molar-refractivity contribution in [3.63, 3.8) is 0 Å². The summed E-state index contributed by atoms with van der Waals surface area (Å²) in [5.41, 5.74) is -0.0900. The van der Waals surface area contributed by atoms with Crippen LogP contribution < -0.4 is 9.46 Å². The average Bonchev–Trinajstić information content (AvgIpc) is 2.86. The van der Waals surface area contributed by atoms with E-state index in [9.17, 15) is 13.5 Å². The topological polar surface area (TPSA) is 102 Å². The van der Waals surface area contributed by atoms with E-state index in [1.807, 2.05) is 12.1 Å². The highest BCUT2D eigenvalue weighted by molar-refractivity contribution is 7.89. The largest absolute Gasteiger partial charge is 0.497 e. The van der Waals surface area contributed by atoms with Crippen LogP contribution in [0.3, 0.4) is 0 Å². The van der Waals surface area contributed by atoms with Crippen LogP contribution in [0, 0.1) is 13.8 Å². The number of hydrogen-bond acceptors (Lipinski definition) is 6. The average molecular weight is 354 g/mol. The molecule has 24 heavy (non-hydrogen) atoms. The van der Waals surface area contributed by atoms with Crippen molar-refractivity contribution < 1.29 is 22.8 Å². The van der Waals surface area contributed by atoms with Gasteiger partial charge in [0.05, 0.1) is 12.7 Å². The molecular weight excluding hydrogens is 332 g/mol. The number of rotatable bonds is 7. The molecule has 2 rings (SSSR count). The molecule has 0 aliphatic rings. The van der Waals surface area contributed by atoms with Gasteiger partial charge in [-0.05, 0) is 38.5 Å². The Kier molecular flexibility index (Phi) is 5.32. The molecule has 0 aliphatic carbocycles. The van der Waals surface area contributed by atoms with Crippen LogP contribution in [0.2, 0.25) is 0 Å². The molecule has 0 saturated heterocycles. The summed E-state index contributed by atoms with van der Waals surface area (Å²) in [7, 11) is -2.22. The summed E-state index contributed by atoms with van der Waals surface area (Å²) in [6.45, 7) is 4.53. The van der Waals surface area contributed by atoms with Gasteiger partial charge >= 0.3 is 0 Å². The van der Waals surface area contributed by atoms with Crippen LogP contribution in [0.15, 0.2) is 33.7 Å². The van der Waals surface area contributed by atoms with Crippen LogP contribution in [0.5, 0.6) is 5.75 Å². The van der Waals surface area contributed by atoms with E-state index < -0.39 is 15.6 Å². The third kappa shape index (κ3) is 4.34. The maximum atomic E-state index is 12.4. The molecule has 2 aromatic rings. The number of aliphatic hydroxyl groups is 1. The lowest BCUT2D eigenvalue weighted by Crippen LogP contribution is -2.42. The molecule has 0 saturated carbocycles. The van der Waals surface area contributed by atoms with Gasteiger partial charge in [0.2, 0.25) is 10.0 Å². The van der Waals surface area contributed by atoms with Gasteiger partial charge in [0, 0.05) is 13.0 Å². The van der Waals surface area contributed by atoms with Crippen LogP contribution in [-0.4, -0.2) is 37.9 Å². The Balaban J connectivity index is 2.06. The zero-order chi connectivity index (χ0) is 18.0. The fourth-order valence-electron chi connectivity index (χ4n) is 2.43. The van der Waals surface area contributed by atoms with E-state index in [0.717, 1.165) is 11.3 Å². The fourth-order valence-corrected chi connectivity index (χ4v) is 3.91. The molecule has 0 bridgehead atoms. The van der Waals surface area contributed by atoms with Crippen LogP contribution in [0.4, 0.5) is 0 Å². The summed E-state index contributed by atoms with van der Waals surface area (Å²) >= 11 is 0. The summed E-state index contributed by atoms with van der Waals surface area (Å²) in [6, 6.07) is 7.24. The highest BCUT2D eigenvalue weighted by atomic mass is 32.2. The summed E-state index contributed by atoms with van der Waals surface area (Å²) < 4.78 is 37.2. The van der Waals surface area contributed by atoms with Crippen LogP contribution >= 0.6 is 0 Å². The van der Waals surface area contributed by atoms with Crippen LogP contribution in [0.25, 0.3) is 0 Å². The molecule has 1 aromatic carbocycles. The second-order valence-corrected chi connectivity index (χ2v) is 7.70. The fraction of sp³-hybridized carbons (Fsp3) is 0.438. The molecule has 8 heteroatoms. The highest BCUT2D eigenvalue weighted by Crippen LogP contribution is 2.20. The molecule has 1 heterocycles. The number of ether oxygens (including phenoxy) is 1. The number of aryl methyl sites for hydroxylation is 2. The summed E-state index contributed by atoms with van der Waals surface area (Å²) in [5.74, 6) is 0.937. The van der Waals surface area contributed by atoms with Crippen molar-refractivity contribution in [1.29, 1.82) is 0 Å². The Morgan fingerprint density at radius 1 is 1.29 bits per heavy atom. The molecule has 132 valence electrons. The molecule has 0 amide bonds. The van der Waals surface area contributed by atoms with Crippen LogP contribution in [0.1, 0.15) is 23.9 Å². The Morgan fingerprint density at radius 3 is 2.42 bits per heavy atom. The number of aromatic nitrogens is 1. The molecule has 0 fully saturated rings. The predicted molar refractivity (Wildman–Crippen MR) is 88.5 cm³/mol. The number of nitrogens with one attached hydrogen (secondary N) is 1. The number of sulfonamides is 1. The van der Waals surface area contributed by atoms with E-state index in [2.05, 4.69) is 9.88 Å². The first-order valence-electron chi connectivity index (χ1n) is 7.42. The quantitative estimate of drug-likeness (QED) is 0.783. The van der Waals surface area contributed by atoms with Crippen molar-refractivity contribution in [2.75, 3.05) is 13.7 Å². The summed E-state index contributed by atoms with van der Waals surface area (Å²) in [5, 5.41) is 14.1. The number of methoxy groups -OCH3 is 1. The summed E-state index contributed by atoms with van der Waals surface area (Å²) in [4.78, 5) is 0.0164. The minimum atomic E-state index is -3.80. The number of nitrogens with zero attached hydrogens (tertiary/aromatic N) is 1. The summed E-state index contributed by atoms with van der Waals surface area (Å²) in [6.07, 6.45) is 0.293. The lowest BCUT2D eigenvalue weighted by atomic mass is 9.97. The number of benzene rings is 1. The van der Waals surface area contributed by atoms with Gasteiger partial charge in [-0.1, -0.05) is 17.3 Å². The van der Waals surface area contributed by atoms with Crippen molar-refractivity contribution in [3.8, 4) is 5.75 Å². The van der Waals surface area contributed by atoms with Crippen molar-refractivity contribution in [2.24, 2.45) is 0 Å². The van der Waals surface area contributed by atoms with E-state index in [1.165, 1.54) is 6.92 Å². The van der Waals surface area contributed by atoms with Crippen molar-refractivity contribution in [3.05, 3.63) is 41.3 Å². The van der Waals surface area contributed by atoms with Gasteiger partial charge < -0.3 is 14.4 Å². The van der Waals surface area contributed by atoms with E-state index in [1.54, 1.807) is 33.1 Å². The van der Waals surface area contributed by atoms with E-state index in [-0.39, 0.29) is 22.9 Å². The molecule has 0 radical (unpaired) electrons. The molecular formula is C16H22N2O5S. The van der Waals surface area contributed by atoms with Gasteiger partial charge in [-0.3, -0.25) is 0 Å². The maximum absolute atomic E-state index is 12.4. The van der Waals surface area contributed by atoms with E-state index in [4.69, 9.17) is 9.26 Å². The third-order valence-corrected chi connectivity index (χ3v) is 5.27. The SMILES string of the molecule is COc1ccc(CC(C)(O)CNS(=O)(=O)c2c(C)noc2C)cc1. The smallest absolute Gasteiger partial charge is 0.246 e. The van der Waals surface area contributed by atoms with E-state index in [0.29, 0.717) is 6.42 Å². The zero-order valence-corrected chi connectivity index (χ0v) is 15.0. The third-order valence-electron chi connectivity index (χ3n) is 3.62. The Morgan fingerprint density at radius 2 is 1.92 bits per heavy atom. The Hall–Kier alpha value is -1.90. The van der Waals surface area contributed by atoms with Gasteiger partial charge in [0.1, 0.15) is 16.3 Å². The van der Waals surface area contributed by atoms with Gasteiger partial charge in [-0.2, -0.15) is 0 Å². The Labute approximate surface area is 141 Å². The Bertz CT molecular complexity index is 775.